The van der Waals surface area contributed by atoms with Crippen LogP contribution in [-0.2, 0) is 6.54 Å². The summed E-state index contributed by atoms with van der Waals surface area (Å²) in [5.74, 6) is 0.308. The van der Waals surface area contributed by atoms with E-state index < -0.39 is 0 Å². The molecule has 2 aromatic rings. The Morgan fingerprint density at radius 1 is 1.33 bits per heavy atom. The molecule has 0 saturated carbocycles. The zero-order valence-corrected chi connectivity index (χ0v) is 12.4. The van der Waals surface area contributed by atoms with Gasteiger partial charge in [-0.3, -0.25) is 0 Å². The van der Waals surface area contributed by atoms with Gasteiger partial charge in [0.05, 0.1) is 6.10 Å². The number of aliphatic hydroxyl groups excluding tert-OH is 1. The number of aliphatic hydroxyl groups is 1. The summed E-state index contributed by atoms with van der Waals surface area (Å²) in [5, 5.41) is 17.3. The lowest BCUT2D eigenvalue weighted by atomic mass is 10.1. The quantitative estimate of drug-likeness (QED) is 0.848. The highest BCUT2D eigenvalue weighted by molar-refractivity contribution is 7.14. The number of nitrogens with one attached hydrogen (secondary N) is 1. The zero-order chi connectivity index (χ0) is 13.0. The van der Waals surface area contributed by atoms with Crippen LogP contribution in [0.1, 0.15) is 18.7 Å². The van der Waals surface area contributed by atoms with Crippen molar-refractivity contribution >= 4 is 22.7 Å². The van der Waals surface area contributed by atoms with E-state index in [1.54, 1.807) is 22.7 Å². The molecule has 4 heteroatoms. The minimum absolute atomic E-state index is 0.262. The van der Waals surface area contributed by atoms with E-state index in [4.69, 9.17) is 0 Å². The molecule has 0 amide bonds. The van der Waals surface area contributed by atoms with E-state index in [0.717, 1.165) is 6.54 Å². The Morgan fingerprint density at radius 2 is 2.17 bits per heavy atom. The summed E-state index contributed by atoms with van der Waals surface area (Å²) in [7, 11) is 0. The van der Waals surface area contributed by atoms with Crippen LogP contribution in [0.15, 0.2) is 29.0 Å². The highest BCUT2D eigenvalue weighted by atomic mass is 32.1. The SMILES string of the molecule is CC(C)C(O)CNCc1cc(-c2cccs2)cs1. The molecule has 0 aliphatic rings. The van der Waals surface area contributed by atoms with Crippen LogP contribution in [0, 0.1) is 5.92 Å². The van der Waals surface area contributed by atoms with Crippen molar-refractivity contribution in [3.8, 4) is 10.4 Å². The molecule has 0 spiro atoms. The van der Waals surface area contributed by atoms with Crippen LogP contribution >= 0.6 is 22.7 Å². The molecule has 1 unspecified atom stereocenters. The van der Waals surface area contributed by atoms with E-state index in [1.807, 2.05) is 13.8 Å². The molecule has 2 nitrogen and oxygen atoms in total. The average Bonchev–Trinajstić information content (AvgIpc) is 2.98. The summed E-state index contributed by atoms with van der Waals surface area (Å²) in [6.07, 6.45) is -0.262. The van der Waals surface area contributed by atoms with E-state index in [0.29, 0.717) is 12.5 Å². The molecule has 0 radical (unpaired) electrons. The highest BCUT2D eigenvalue weighted by Crippen LogP contribution is 2.29. The molecule has 2 aromatic heterocycles. The van der Waals surface area contributed by atoms with E-state index in [9.17, 15) is 5.11 Å². The van der Waals surface area contributed by atoms with Gasteiger partial charge in [-0.15, -0.1) is 22.7 Å². The van der Waals surface area contributed by atoms with Crippen molar-refractivity contribution in [2.24, 2.45) is 5.92 Å². The fraction of sp³-hybridized carbons (Fsp3) is 0.429. The molecule has 0 aliphatic heterocycles. The molecule has 2 heterocycles. The summed E-state index contributed by atoms with van der Waals surface area (Å²) in [6, 6.07) is 6.45. The van der Waals surface area contributed by atoms with Gasteiger partial charge in [-0.2, -0.15) is 0 Å². The lowest BCUT2D eigenvalue weighted by molar-refractivity contribution is 0.123. The Hall–Kier alpha value is -0.680. The topological polar surface area (TPSA) is 32.3 Å². The van der Waals surface area contributed by atoms with Crippen molar-refractivity contribution < 1.29 is 5.11 Å². The van der Waals surface area contributed by atoms with Crippen molar-refractivity contribution in [2.45, 2.75) is 26.5 Å². The van der Waals surface area contributed by atoms with Crippen LogP contribution in [0.3, 0.4) is 0 Å². The zero-order valence-electron chi connectivity index (χ0n) is 10.7. The summed E-state index contributed by atoms with van der Waals surface area (Å²) in [4.78, 5) is 2.63. The fourth-order valence-electron chi connectivity index (χ4n) is 1.62. The van der Waals surface area contributed by atoms with Crippen LogP contribution in [0.5, 0.6) is 0 Å². The average molecular weight is 281 g/mol. The maximum absolute atomic E-state index is 9.70. The van der Waals surface area contributed by atoms with Gasteiger partial charge in [-0.25, -0.2) is 0 Å². The molecule has 1 atom stereocenters. The van der Waals surface area contributed by atoms with E-state index in [2.05, 4.69) is 34.3 Å². The van der Waals surface area contributed by atoms with Gasteiger partial charge in [0.25, 0.3) is 0 Å². The molecule has 0 bridgehead atoms. The molecular formula is C14H19NOS2. The molecule has 98 valence electrons. The monoisotopic (exact) mass is 281 g/mol. The number of rotatable bonds is 6. The second-order valence-electron chi connectivity index (χ2n) is 4.72. The predicted molar refractivity (Wildman–Crippen MR) is 80.2 cm³/mol. The summed E-state index contributed by atoms with van der Waals surface area (Å²) in [6.45, 7) is 5.56. The highest BCUT2D eigenvalue weighted by Gasteiger charge is 2.08. The van der Waals surface area contributed by atoms with Gasteiger partial charge >= 0.3 is 0 Å². The number of hydrogen-bond acceptors (Lipinski definition) is 4. The van der Waals surface area contributed by atoms with Gasteiger partial charge in [-0.05, 0) is 28.8 Å². The Balaban J connectivity index is 1.84. The van der Waals surface area contributed by atoms with Crippen LogP contribution in [-0.4, -0.2) is 17.8 Å². The summed E-state index contributed by atoms with van der Waals surface area (Å²) >= 11 is 3.54. The molecule has 0 aromatic carbocycles. The van der Waals surface area contributed by atoms with Gasteiger partial charge < -0.3 is 10.4 Å². The van der Waals surface area contributed by atoms with E-state index in [-0.39, 0.29) is 6.10 Å². The van der Waals surface area contributed by atoms with Crippen molar-refractivity contribution in [3.05, 3.63) is 33.8 Å². The van der Waals surface area contributed by atoms with Crippen LogP contribution in [0.2, 0.25) is 0 Å². The third-order valence-corrected chi connectivity index (χ3v) is 4.74. The minimum atomic E-state index is -0.262. The second kappa shape index (κ2) is 6.48. The lowest BCUT2D eigenvalue weighted by Crippen LogP contribution is -2.29. The van der Waals surface area contributed by atoms with Crippen LogP contribution in [0.4, 0.5) is 0 Å². The van der Waals surface area contributed by atoms with Gasteiger partial charge in [0, 0.05) is 28.4 Å². The first kappa shape index (κ1) is 13.7. The van der Waals surface area contributed by atoms with Gasteiger partial charge in [0.1, 0.15) is 0 Å². The Morgan fingerprint density at radius 3 is 2.83 bits per heavy atom. The van der Waals surface area contributed by atoms with E-state index >= 15 is 0 Å². The summed E-state index contributed by atoms with van der Waals surface area (Å²) < 4.78 is 0. The molecule has 0 aliphatic carbocycles. The third kappa shape index (κ3) is 3.65. The van der Waals surface area contributed by atoms with Crippen molar-refractivity contribution in [2.75, 3.05) is 6.54 Å². The largest absolute Gasteiger partial charge is 0.392 e. The van der Waals surface area contributed by atoms with Crippen LogP contribution < -0.4 is 5.32 Å². The maximum Gasteiger partial charge on any atom is 0.0687 e. The predicted octanol–water partition coefficient (Wildman–Crippen LogP) is 3.58. The molecular weight excluding hydrogens is 262 g/mol. The Bertz CT molecular complexity index is 462. The van der Waals surface area contributed by atoms with Crippen molar-refractivity contribution in [1.82, 2.24) is 5.32 Å². The molecule has 0 fully saturated rings. The number of hydrogen-bond donors (Lipinski definition) is 2. The second-order valence-corrected chi connectivity index (χ2v) is 6.66. The standard InChI is InChI=1S/C14H19NOS2/c1-10(2)13(16)8-15-7-12-6-11(9-18-12)14-4-3-5-17-14/h3-6,9-10,13,15-16H,7-8H2,1-2H3. The third-order valence-electron chi connectivity index (χ3n) is 2.88. The maximum atomic E-state index is 9.70. The first-order valence-corrected chi connectivity index (χ1v) is 7.93. The first-order valence-electron chi connectivity index (χ1n) is 6.17. The molecule has 2 rings (SSSR count). The molecule has 0 saturated heterocycles. The first-order chi connectivity index (χ1) is 8.66. The van der Waals surface area contributed by atoms with Gasteiger partial charge in [-0.1, -0.05) is 19.9 Å². The van der Waals surface area contributed by atoms with E-state index in [1.165, 1.54) is 15.3 Å². The van der Waals surface area contributed by atoms with Gasteiger partial charge in [0.2, 0.25) is 0 Å². The van der Waals surface area contributed by atoms with Crippen molar-refractivity contribution in [3.63, 3.8) is 0 Å². The Kier molecular flexibility index (Phi) is 4.95. The summed E-state index contributed by atoms with van der Waals surface area (Å²) in [5.41, 5.74) is 1.30. The molecule has 18 heavy (non-hydrogen) atoms. The van der Waals surface area contributed by atoms with Crippen LogP contribution in [0.25, 0.3) is 10.4 Å². The fourth-order valence-corrected chi connectivity index (χ4v) is 3.27. The Labute approximate surface area is 116 Å². The van der Waals surface area contributed by atoms with Crippen molar-refractivity contribution in [1.29, 1.82) is 0 Å². The lowest BCUT2D eigenvalue weighted by Gasteiger charge is -2.14. The minimum Gasteiger partial charge on any atom is -0.392 e. The smallest absolute Gasteiger partial charge is 0.0687 e. The molecule has 2 N–H and O–H groups in total. The number of thiophene rings is 2. The van der Waals surface area contributed by atoms with Gasteiger partial charge in [0.15, 0.2) is 0 Å². The normalized spacial score (nSPS) is 13.1.